The van der Waals surface area contributed by atoms with Crippen LogP contribution in [0.5, 0.6) is 0 Å². The van der Waals surface area contributed by atoms with Gasteiger partial charge in [-0.25, -0.2) is 0 Å². The first kappa shape index (κ1) is 8.10. The molecule has 0 aliphatic carbocycles. The Morgan fingerprint density at radius 1 is 1.30 bits per heavy atom. The summed E-state index contributed by atoms with van der Waals surface area (Å²) in [4.78, 5) is 1.47. The second-order valence-electron chi connectivity index (χ2n) is 2.25. The highest BCUT2D eigenvalue weighted by Gasteiger charge is 1.88. The average molecular weight is 184 g/mol. The number of aryl methyl sites for hydroxylation is 1. The van der Waals surface area contributed by atoms with Gasteiger partial charge in [0.05, 0.1) is 8.19 Å². The van der Waals surface area contributed by atoms with E-state index in [1.807, 2.05) is 0 Å². The molecule has 0 bridgehead atoms. The van der Waals surface area contributed by atoms with Crippen molar-refractivity contribution in [3.63, 3.8) is 0 Å². The van der Waals surface area contributed by atoms with Crippen molar-refractivity contribution in [1.29, 1.82) is 0 Å². The second-order valence-corrected chi connectivity index (χ2v) is 11.4. The van der Waals surface area contributed by atoms with Crippen LogP contribution in [0.4, 0.5) is 0 Å². The van der Waals surface area contributed by atoms with Crippen molar-refractivity contribution in [1.82, 2.24) is 0 Å². The summed E-state index contributed by atoms with van der Waals surface area (Å²) in [5, 5.41) is 0. The lowest BCUT2D eigenvalue weighted by Gasteiger charge is -1.96. The summed E-state index contributed by atoms with van der Waals surface area (Å²) in [6.45, 7) is 2.13. The molecule has 0 heterocycles. The van der Waals surface area contributed by atoms with Gasteiger partial charge >= 0.3 is 0 Å². The molecule has 0 radical (unpaired) electrons. The molecular formula is C7H12SSi2. The van der Waals surface area contributed by atoms with Crippen LogP contribution >= 0.6 is 11.2 Å². The zero-order valence-electron chi connectivity index (χ0n) is 6.42. The van der Waals surface area contributed by atoms with Crippen LogP contribution in [0.25, 0.3) is 0 Å². The molecular weight excluding hydrogens is 172 g/mol. The van der Waals surface area contributed by atoms with Gasteiger partial charge in [0.15, 0.2) is 0 Å². The van der Waals surface area contributed by atoms with E-state index in [1.165, 1.54) is 20.2 Å². The predicted octanol–water partition coefficient (Wildman–Crippen LogP) is 0.451. The largest absolute Gasteiger partial charge is 0.164 e. The Kier molecular flexibility index (Phi) is 3.24. The monoisotopic (exact) mass is 184 g/mol. The van der Waals surface area contributed by atoms with Gasteiger partial charge in [-0.2, -0.15) is 11.2 Å². The highest BCUT2D eigenvalue weighted by atomic mass is 32.4. The molecule has 1 rings (SSSR count). The first-order valence-electron chi connectivity index (χ1n) is 3.52. The standard InChI is InChI=1S/C7H12SSi2/c1-6-2-4-7(5-3-6)8-10-9/h2-5H,10H2,1,9H3. The third-order valence-electron chi connectivity index (χ3n) is 1.33. The molecule has 54 valence electrons. The third-order valence-corrected chi connectivity index (χ3v) is 6.69. The van der Waals surface area contributed by atoms with Gasteiger partial charge in [-0.15, -0.1) is 0 Å². The fourth-order valence-electron chi connectivity index (χ4n) is 0.801. The molecule has 0 aromatic heterocycles. The maximum Gasteiger partial charge on any atom is 0.0739 e. The number of hydrogen-bond acceptors (Lipinski definition) is 1. The van der Waals surface area contributed by atoms with E-state index in [-0.39, 0.29) is 8.19 Å². The molecule has 0 aliphatic heterocycles. The minimum absolute atomic E-state index is 0.259. The molecule has 0 N–H and O–H groups in total. The summed E-state index contributed by atoms with van der Waals surface area (Å²) in [6, 6.07) is 8.83. The van der Waals surface area contributed by atoms with Crippen molar-refractivity contribution >= 4 is 29.2 Å². The summed E-state index contributed by atoms with van der Waals surface area (Å²) >= 11 is 2.08. The molecule has 0 saturated carbocycles. The van der Waals surface area contributed by atoms with Gasteiger partial charge in [0, 0.05) is 14.7 Å². The van der Waals surface area contributed by atoms with Gasteiger partial charge in [0.2, 0.25) is 0 Å². The van der Waals surface area contributed by atoms with E-state index in [4.69, 9.17) is 0 Å². The van der Waals surface area contributed by atoms with Crippen LogP contribution in [0.2, 0.25) is 0 Å². The second kappa shape index (κ2) is 4.00. The summed E-state index contributed by atoms with van der Waals surface area (Å²) in [7, 11) is 1.68. The van der Waals surface area contributed by atoms with Crippen molar-refractivity contribution in [2.75, 3.05) is 0 Å². The molecule has 0 fully saturated rings. The summed E-state index contributed by atoms with van der Waals surface area (Å²) in [6.07, 6.45) is 0. The third kappa shape index (κ3) is 2.32. The van der Waals surface area contributed by atoms with Crippen LogP contribution in [0, 0.1) is 6.92 Å². The Hall–Kier alpha value is 0.00377. The number of benzene rings is 1. The summed E-state index contributed by atoms with van der Waals surface area (Å²) in [5.41, 5.74) is 1.36. The van der Waals surface area contributed by atoms with Crippen LogP contribution in [0.3, 0.4) is 0 Å². The SMILES string of the molecule is Cc1ccc(S[SiH2][SiH3])cc1. The Morgan fingerprint density at radius 2 is 1.90 bits per heavy atom. The van der Waals surface area contributed by atoms with E-state index in [0.717, 1.165) is 0 Å². The Balaban J connectivity index is 2.69. The molecule has 1 aromatic carbocycles. The lowest BCUT2D eigenvalue weighted by atomic mass is 10.2. The van der Waals surface area contributed by atoms with Crippen molar-refractivity contribution in [3.05, 3.63) is 29.8 Å². The zero-order chi connectivity index (χ0) is 7.40. The van der Waals surface area contributed by atoms with Gasteiger partial charge in [0.25, 0.3) is 0 Å². The van der Waals surface area contributed by atoms with E-state index >= 15 is 0 Å². The highest BCUT2D eigenvalue weighted by molar-refractivity contribution is 8.26. The first-order chi connectivity index (χ1) is 4.83. The highest BCUT2D eigenvalue weighted by Crippen LogP contribution is 2.14. The summed E-state index contributed by atoms with van der Waals surface area (Å²) in [5.74, 6) is 0. The van der Waals surface area contributed by atoms with E-state index in [9.17, 15) is 0 Å². The Bertz CT molecular complexity index is 195. The van der Waals surface area contributed by atoms with Gasteiger partial charge < -0.3 is 0 Å². The number of rotatable bonds is 2. The average Bonchev–Trinajstić information content (AvgIpc) is 1.95. The van der Waals surface area contributed by atoms with E-state index < -0.39 is 0 Å². The lowest BCUT2D eigenvalue weighted by Crippen LogP contribution is -1.80. The predicted molar refractivity (Wildman–Crippen MR) is 55.5 cm³/mol. The fraction of sp³-hybridized carbons (Fsp3) is 0.143. The van der Waals surface area contributed by atoms with Crippen molar-refractivity contribution < 1.29 is 0 Å². The van der Waals surface area contributed by atoms with Crippen LogP contribution in [-0.2, 0) is 0 Å². The maximum absolute atomic E-state index is 2.23. The molecule has 0 nitrogen and oxygen atoms in total. The first-order valence-corrected chi connectivity index (χ1v) is 11.9. The molecule has 0 unspecified atom stereocenters. The normalized spacial score (nSPS) is 11.3. The molecule has 0 aliphatic rings. The molecule has 0 saturated heterocycles. The molecule has 10 heavy (non-hydrogen) atoms. The van der Waals surface area contributed by atoms with E-state index in [1.54, 1.807) is 0 Å². The maximum atomic E-state index is 2.23. The quantitative estimate of drug-likeness (QED) is 0.602. The minimum Gasteiger partial charge on any atom is -0.164 e. The number of hydrogen-bond donors (Lipinski definition) is 0. The molecule has 0 atom stereocenters. The summed E-state index contributed by atoms with van der Waals surface area (Å²) < 4.78 is 0. The lowest BCUT2D eigenvalue weighted by molar-refractivity contribution is 1.38. The van der Waals surface area contributed by atoms with Gasteiger partial charge in [-0.3, -0.25) is 0 Å². The van der Waals surface area contributed by atoms with Crippen molar-refractivity contribution in [2.24, 2.45) is 0 Å². The Labute approximate surface area is 71.1 Å². The topological polar surface area (TPSA) is 0 Å². The molecule has 0 amide bonds. The molecule has 1 aromatic rings. The molecule has 3 heteroatoms. The van der Waals surface area contributed by atoms with Crippen molar-refractivity contribution in [3.8, 4) is 0 Å². The van der Waals surface area contributed by atoms with Gasteiger partial charge in [-0.1, -0.05) is 17.7 Å². The zero-order valence-corrected chi connectivity index (χ0v) is 10.7. The van der Waals surface area contributed by atoms with Gasteiger partial charge in [0.1, 0.15) is 0 Å². The van der Waals surface area contributed by atoms with Crippen LogP contribution < -0.4 is 0 Å². The Morgan fingerprint density at radius 3 is 2.40 bits per heavy atom. The van der Waals surface area contributed by atoms with Crippen LogP contribution in [0.15, 0.2) is 29.2 Å². The van der Waals surface area contributed by atoms with Gasteiger partial charge in [-0.05, 0) is 19.1 Å². The molecule has 0 spiro atoms. The van der Waals surface area contributed by atoms with Crippen LogP contribution in [0.1, 0.15) is 5.56 Å². The van der Waals surface area contributed by atoms with E-state index in [0.29, 0.717) is 0 Å². The minimum atomic E-state index is 0.259. The smallest absolute Gasteiger partial charge is 0.0739 e. The fourth-order valence-corrected chi connectivity index (χ4v) is 6.04. The van der Waals surface area contributed by atoms with Crippen LogP contribution in [-0.4, -0.2) is 17.9 Å². The van der Waals surface area contributed by atoms with E-state index in [2.05, 4.69) is 42.4 Å². The van der Waals surface area contributed by atoms with Crippen molar-refractivity contribution in [2.45, 2.75) is 11.8 Å².